The van der Waals surface area contributed by atoms with Crippen molar-refractivity contribution in [2.45, 2.75) is 19.9 Å². The molecule has 7 nitrogen and oxygen atoms in total. The predicted molar refractivity (Wildman–Crippen MR) is 120 cm³/mol. The van der Waals surface area contributed by atoms with Crippen molar-refractivity contribution in [1.82, 2.24) is 4.98 Å². The zero-order valence-corrected chi connectivity index (χ0v) is 18.4. The van der Waals surface area contributed by atoms with E-state index in [4.69, 9.17) is 9.15 Å². The Hall–Kier alpha value is -3.85. The van der Waals surface area contributed by atoms with Crippen molar-refractivity contribution in [2.75, 3.05) is 11.5 Å². The van der Waals surface area contributed by atoms with Gasteiger partial charge in [0.15, 0.2) is 10.6 Å². The monoisotopic (exact) mass is 464 g/mol. The number of thiazole rings is 1. The SMILES string of the molecule is CCOC(=O)c1sc(N2C(=O)c3oc4ccccc4c(=O)c3C2c2ccc(F)cc2)nc1C. The number of rotatable bonds is 4. The standard InChI is InChI=1S/C24H17FN2O5S/c1-3-31-23(30)21-12(2)26-24(33-21)27-18(13-8-10-14(25)11-9-13)17-19(28)15-6-4-5-7-16(15)32-20(17)22(27)29/h4-11,18H,3H2,1-2H3. The summed E-state index contributed by atoms with van der Waals surface area (Å²) in [6.07, 6.45) is 0. The topological polar surface area (TPSA) is 89.7 Å². The van der Waals surface area contributed by atoms with Gasteiger partial charge in [-0.15, -0.1) is 0 Å². The number of carbonyl (C=O) groups excluding carboxylic acids is 2. The maximum absolute atomic E-state index is 13.6. The first-order valence-electron chi connectivity index (χ1n) is 10.2. The Bertz CT molecular complexity index is 1470. The van der Waals surface area contributed by atoms with Gasteiger partial charge in [0.2, 0.25) is 5.76 Å². The van der Waals surface area contributed by atoms with Crippen molar-refractivity contribution >= 4 is 39.3 Å². The number of amides is 1. The summed E-state index contributed by atoms with van der Waals surface area (Å²) < 4.78 is 24.6. The second-order valence-corrected chi connectivity index (χ2v) is 8.41. The zero-order chi connectivity index (χ0) is 23.3. The molecular formula is C24H17FN2O5S. The molecule has 0 spiro atoms. The van der Waals surface area contributed by atoms with Gasteiger partial charge in [-0.2, -0.15) is 0 Å². The average molecular weight is 464 g/mol. The third kappa shape index (κ3) is 3.32. The van der Waals surface area contributed by atoms with Crippen molar-refractivity contribution in [3.63, 3.8) is 0 Å². The average Bonchev–Trinajstić information content (AvgIpc) is 3.32. The molecule has 0 fully saturated rings. The summed E-state index contributed by atoms with van der Waals surface area (Å²) in [7, 11) is 0. The minimum Gasteiger partial charge on any atom is -0.462 e. The number of esters is 1. The van der Waals surface area contributed by atoms with E-state index < -0.39 is 23.7 Å². The van der Waals surface area contributed by atoms with Crippen LogP contribution in [0, 0.1) is 12.7 Å². The molecule has 2 aromatic heterocycles. The Labute approximate surface area is 191 Å². The lowest BCUT2D eigenvalue weighted by Crippen LogP contribution is -2.29. The highest BCUT2D eigenvalue weighted by atomic mass is 32.1. The number of anilines is 1. The number of ether oxygens (including phenoxy) is 1. The van der Waals surface area contributed by atoms with Crippen LogP contribution in [0.15, 0.2) is 57.7 Å². The Balaban J connectivity index is 1.74. The molecule has 5 rings (SSSR count). The van der Waals surface area contributed by atoms with E-state index in [2.05, 4.69) is 4.98 Å². The van der Waals surface area contributed by atoms with E-state index in [9.17, 15) is 18.8 Å². The summed E-state index contributed by atoms with van der Waals surface area (Å²) in [6, 6.07) is 11.3. The van der Waals surface area contributed by atoms with Gasteiger partial charge in [-0.25, -0.2) is 14.2 Å². The van der Waals surface area contributed by atoms with Crippen LogP contribution in [0.5, 0.6) is 0 Å². The highest BCUT2D eigenvalue weighted by Gasteiger charge is 2.45. The van der Waals surface area contributed by atoms with Gasteiger partial charge < -0.3 is 9.15 Å². The van der Waals surface area contributed by atoms with E-state index >= 15 is 0 Å². The number of aryl methyl sites for hydroxylation is 1. The summed E-state index contributed by atoms with van der Waals surface area (Å²) in [6.45, 7) is 3.54. The minimum atomic E-state index is -0.894. The molecule has 9 heteroatoms. The van der Waals surface area contributed by atoms with Crippen LogP contribution in [0.2, 0.25) is 0 Å². The fourth-order valence-electron chi connectivity index (χ4n) is 3.95. The second-order valence-electron chi connectivity index (χ2n) is 7.43. The Morgan fingerprint density at radius 3 is 2.64 bits per heavy atom. The van der Waals surface area contributed by atoms with Gasteiger partial charge in [-0.05, 0) is 43.7 Å². The maximum atomic E-state index is 13.6. The van der Waals surface area contributed by atoms with Gasteiger partial charge in [0.1, 0.15) is 16.3 Å². The van der Waals surface area contributed by atoms with Crippen LogP contribution in [0.25, 0.3) is 11.0 Å². The lowest BCUT2D eigenvalue weighted by Gasteiger charge is -2.22. The number of nitrogens with zero attached hydrogens (tertiary/aromatic N) is 2. The van der Waals surface area contributed by atoms with Gasteiger partial charge in [0, 0.05) is 0 Å². The fraction of sp³-hybridized carbons (Fsp3) is 0.167. The summed E-state index contributed by atoms with van der Waals surface area (Å²) in [5.41, 5.74) is 1.000. The third-order valence-electron chi connectivity index (χ3n) is 5.42. The van der Waals surface area contributed by atoms with Gasteiger partial charge in [0.05, 0.1) is 29.3 Å². The van der Waals surface area contributed by atoms with E-state index in [0.717, 1.165) is 11.3 Å². The fourth-order valence-corrected chi connectivity index (χ4v) is 4.94. The van der Waals surface area contributed by atoms with Crippen molar-refractivity contribution in [3.8, 4) is 0 Å². The maximum Gasteiger partial charge on any atom is 0.350 e. The van der Waals surface area contributed by atoms with Gasteiger partial charge >= 0.3 is 5.97 Å². The zero-order valence-electron chi connectivity index (χ0n) is 17.6. The van der Waals surface area contributed by atoms with Crippen LogP contribution in [-0.4, -0.2) is 23.5 Å². The Morgan fingerprint density at radius 1 is 1.18 bits per heavy atom. The van der Waals surface area contributed by atoms with Gasteiger partial charge in [-0.3, -0.25) is 14.5 Å². The summed E-state index contributed by atoms with van der Waals surface area (Å²) in [5, 5.41) is 0.547. The molecule has 33 heavy (non-hydrogen) atoms. The van der Waals surface area contributed by atoms with Crippen LogP contribution in [0.1, 0.15) is 50.0 Å². The molecule has 0 aliphatic carbocycles. The highest BCUT2D eigenvalue weighted by Crippen LogP contribution is 2.43. The van der Waals surface area contributed by atoms with Crippen molar-refractivity contribution < 1.29 is 23.1 Å². The summed E-state index contributed by atoms with van der Waals surface area (Å²) in [4.78, 5) is 45.3. The van der Waals surface area contributed by atoms with Crippen molar-refractivity contribution in [3.05, 3.63) is 92.0 Å². The smallest absolute Gasteiger partial charge is 0.350 e. The largest absolute Gasteiger partial charge is 0.462 e. The number of halogens is 1. The number of benzene rings is 2. The molecule has 0 bridgehead atoms. The molecule has 0 saturated carbocycles. The Kier molecular flexibility index (Phi) is 5.05. The third-order valence-corrected chi connectivity index (χ3v) is 6.55. The lowest BCUT2D eigenvalue weighted by atomic mass is 9.99. The van der Waals surface area contributed by atoms with Crippen LogP contribution in [-0.2, 0) is 4.74 Å². The van der Waals surface area contributed by atoms with Crippen LogP contribution in [0.4, 0.5) is 9.52 Å². The van der Waals surface area contributed by atoms with E-state index in [1.807, 2.05) is 0 Å². The van der Waals surface area contributed by atoms with Crippen LogP contribution >= 0.6 is 11.3 Å². The van der Waals surface area contributed by atoms with E-state index in [0.29, 0.717) is 16.6 Å². The number of hydrogen-bond donors (Lipinski definition) is 0. The van der Waals surface area contributed by atoms with Crippen LogP contribution in [0.3, 0.4) is 0 Å². The van der Waals surface area contributed by atoms with E-state index in [1.165, 1.54) is 29.2 Å². The van der Waals surface area contributed by atoms with Gasteiger partial charge in [-0.1, -0.05) is 35.6 Å². The molecule has 1 atom stereocenters. The van der Waals surface area contributed by atoms with Gasteiger partial charge in [0.25, 0.3) is 5.91 Å². The molecule has 4 aromatic rings. The molecule has 166 valence electrons. The molecule has 3 heterocycles. The second kappa shape index (κ2) is 7.93. The molecule has 1 unspecified atom stereocenters. The summed E-state index contributed by atoms with van der Waals surface area (Å²) >= 11 is 0.993. The Morgan fingerprint density at radius 2 is 1.91 bits per heavy atom. The van der Waals surface area contributed by atoms with E-state index in [1.54, 1.807) is 38.1 Å². The molecule has 1 aliphatic heterocycles. The number of para-hydroxylation sites is 1. The number of fused-ring (bicyclic) bond motifs is 2. The quantitative estimate of drug-likeness (QED) is 0.409. The normalized spacial score (nSPS) is 15.2. The lowest BCUT2D eigenvalue weighted by molar-refractivity contribution is 0.0531. The molecule has 2 aromatic carbocycles. The first-order valence-corrected chi connectivity index (χ1v) is 11.0. The molecule has 1 amide bonds. The highest BCUT2D eigenvalue weighted by molar-refractivity contribution is 7.17. The molecular weight excluding hydrogens is 447 g/mol. The minimum absolute atomic E-state index is 0.0986. The van der Waals surface area contributed by atoms with Crippen LogP contribution < -0.4 is 10.3 Å². The molecule has 1 aliphatic rings. The molecule has 0 saturated heterocycles. The summed E-state index contributed by atoms with van der Waals surface area (Å²) in [5.74, 6) is -1.65. The number of aromatic nitrogens is 1. The predicted octanol–water partition coefficient (Wildman–Crippen LogP) is 4.62. The van der Waals surface area contributed by atoms with E-state index in [-0.39, 0.29) is 39.0 Å². The first kappa shape index (κ1) is 21.0. The number of hydrogen-bond acceptors (Lipinski definition) is 7. The first-order chi connectivity index (χ1) is 15.9. The molecule has 0 N–H and O–H groups in total. The van der Waals surface area contributed by atoms with Crippen molar-refractivity contribution in [1.29, 1.82) is 0 Å². The van der Waals surface area contributed by atoms with Crippen molar-refractivity contribution in [2.24, 2.45) is 0 Å². The number of carbonyl (C=O) groups is 2. The molecule has 0 radical (unpaired) electrons.